The van der Waals surface area contributed by atoms with E-state index in [1.807, 2.05) is 32.2 Å². The van der Waals surface area contributed by atoms with E-state index in [1.54, 1.807) is 13.1 Å². The number of hydrogen-bond acceptors (Lipinski definition) is 3. The minimum absolute atomic E-state index is 0.729. The molecule has 0 saturated carbocycles. The fourth-order valence-corrected chi connectivity index (χ4v) is 1.68. The van der Waals surface area contributed by atoms with Gasteiger partial charge in [-0.25, -0.2) is 4.98 Å². The van der Waals surface area contributed by atoms with Crippen molar-refractivity contribution in [2.75, 3.05) is 19.4 Å². The Balaban J connectivity index is 3.20. The smallest absolute Gasteiger partial charge is 0.153 e. The number of anilines is 1. The van der Waals surface area contributed by atoms with Gasteiger partial charge < -0.3 is 10.6 Å². The Kier molecular flexibility index (Phi) is 5.79. The summed E-state index contributed by atoms with van der Waals surface area (Å²) in [6, 6.07) is 4.05. The van der Waals surface area contributed by atoms with Crippen LogP contribution in [0.25, 0.3) is 0 Å². The summed E-state index contributed by atoms with van der Waals surface area (Å²) in [5, 5.41) is 6.38. The van der Waals surface area contributed by atoms with Gasteiger partial charge in [0.15, 0.2) is 5.84 Å². The van der Waals surface area contributed by atoms with Crippen molar-refractivity contribution in [2.45, 2.75) is 20.3 Å². The zero-order valence-electron chi connectivity index (χ0n) is 12.1. The van der Waals surface area contributed by atoms with Crippen molar-refractivity contribution < 1.29 is 0 Å². The Labute approximate surface area is 115 Å². The van der Waals surface area contributed by atoms with E-state index in [4.69, 9.17) is 0 Å². The first kappa shape index (κ1) is 15.0. The molecular formula is C15H22N4. The van der Waals surface area contributed by atoms with Gasteiger partial charge in [0, 0.05) is 25.5 Å². The molecule has 0 aliphatic rings. The number of amidine groups is 1. The molecule has 4 heteroatoms. The molecule has 1 rings (SSSR count). The van der Waals surface area contributed by atoms with Crippen LogP contribution >= 0.6 is 0 Å². The van der Waals surface area contributed by atoms with Crippen LogP contribution in [0, 0.1) is 0 Å². The molecule has 0 bridgehead atoms. The molecule has 102 valence electrons. The maximum absolute atomic E-state index is 4.64. The van der Waals surface area contributed by atoms with Crippen LogP contribution in [0.3, 0.4) is 0 Å². The highest BCUT2D eigenvalue weighted by Gasteiger charge is 2.11. The second-order valence-corrected chi connectivity index (χ2v) is 3.95. The third-order valence-corrected chi connectivity index (χ3v) is 2.83. The van der Waals surface area contributed by atoms with Crippen LogP contribution in [-0.2, 0) is 6.42 Å². The van der Waals surface area contributed by atoms with E-state index < -0.39 is 0 Å². The van der Waals surface area contributed by atoms with Gasteiger partial charge in [-0.15, -0.1) is 0 Å². The maximum Gasteiger partial charge on any atom is 0.153 e. The Morgan fingerprint density at radius 2 is 2.21 bits per heavy atom. The Hall–Kier alpha value is -2.10. The molecular weight excluding hydrogens is 236 g/mol. The predicted molar refractivity (Wildman–Crippen MR) is 82.7 cm³/mol. The molecule has 1 heterocycles. The van der Waals surface area contributed by atoms with Crippen LogP contribution in [0.5, 0.6) is 0 Å². The lowest BCUT2D eigenvalue weighted by atomic mass is 10.2. The van der Waals surface area contributed by atoms with Crippen LogP contribution < -0.4 is 10.6 Å². The van der Waals surface area contributed by atoms with Crippen LogP contribution in [0.15, 0.2) is 41.6 Å². The molecule has 1 aromatic rings. The summed E-state index contributed by atoms with van der Waals surface area (Å²) >= 11 is 0. The summed E-state index contributed by atoms with van der Waals surface area (Å²) in [4.78, 5) is 8.93. The van der Waals surface area contributed by atoms with Crippen molar-refractivity contribution in [1.29, 1.82) is 0 Å². The van der Waals surface area contributed by atoms with E-state index in [2.05, 4.69) is 34.1 Å². The number of aromatic nitrogens is 1. The van der Waals surface area contributed by atoms with Crippen LogP contribution in [0.1, 0.15) is 25.2 Å². The second kappa shape index (κ2) is 7.36. The van der Waals surface area contributed by atoms with Crippen LogP contribution in [-0.4, -0.2) is 24.9 Å². The summed E-state index contributed by atoms with van der Waals surface area (Å²) in [7, 11) is 3.63. The number of hydrogen-bond donors (Lipinski definition) is 2. The topological polar surface area (TPSA) is 49.3 Å². The van der Waals surface area contributed by atoms with Crippen molar-refractivity contribution in [2.24, 2.45) is 4.99 Å². The first-order valence-corrected chi connectivity index (χ1v) is 6.40. The first-order valence-electron chi connectivity index (χ1n) is 6.40. The fraction of sp³-hybridized carbons (Fsp3) is 0.333. The molecule has 0 aromatic carbocycles. The molecule has 19 heavy (non-hydrogen) atoms. The quantitative estimate of drug-likeness (QED) is 0.485. The summed E-state index contributed by atoms with van der Waals surface area (Å²) in [5.74, 6) is 0.729. The number of aliphatic imine (C=N–C) groups is 1. The van der Waals surface area contributed by atoms with Crippen molar-refractivity contribution >= 4 is 11.5 Å². The standard InChI is InChI=1S/C15H22N4/c1-6-11(7-2)19-15(17-5)14-13(16-4)10-9-12(8-3)18-14/h6-7,9-10,16H,1,8H2,2-5H3,(H,17,19)/b11-7-. The minimum Gasteiger partial charge on any atom is -0.386 e. The van der Waals surface area contributed by atoms with E-state index in [0.29, 0.717) is 0 Å². The van der Waals surface area contributed by atoms with Gasteiger partial charge in [0.2, 0.25) is 0 Å². The van der Waals surface area contributed by atoms with E-state index in [1.165, 1.54) is 0 Å². The first-order chi connectivity index (χ1) is 9.19. The Morgan fingerprint density at radius 1 is 1.47 bits per heavy atom. The molecule has 0 aliphatic heterocycles. The number of nitrogens with one attached hydrogen (secondary N) is 2. The van der Waals surface area contributed by atoms with Gasteiger partial charge in [0.25, 0.3) is 0 Å². The third kappa shape index (κ3) is 3.68. The molecule has 0 spiro atoms. The molecule has 4 nitrogen and oxygen atoms in total. The molecule has 0 radical (unpaired) electrons. The van der Waals surface area contributed by atoms with Gasteiger partial charge in [-0.2, -0.15) is 0 Å². The zero-order chi connectivity index (χ0) is 14.3. The van der Waals surface area contributed by atoms with Crippen LogP contribution in [0.2, 0.25) is 0 Å². The molecule has 0 saturated heterocycles. The average molecular weight is 258 g/mol. The zero-order valence-corrected chi connectivity index (χ0v) is 12.1. The van der Waals surface area contributed by atoms with Gasteiger partial charge in [-0.1, -0.05) is 19.6 Å². The lowest BCUT2D eigenvalue weighted by Crippen LogP contribution is -2.25. The van der Waals surface area contributed by atoms with Crippen molar-refractivity contribution in [3.8, 4) is 0 Å². The molecule has 0 aliphatic carbocycles. The second-order valence-electron chi connectivity index (χ2n) is 3.95. The highest BCUT2D eigenvalue weighted by Crippen LogP contribution is 2.15. The lowest BCUT2D eigenvalue weighted by Gasteiger charge is -2.14. The van der Waals surface area contributed by atoms with E-state index in [-0.39, 0.29) is 0 Å². The van der Waals surface area contributed by atoms with Crippen molar-refractivity contribution in [1.82, 2.24) is 10.3 Å². The summed E-state index contributed by atoms with van der Waals surface area (Å²) in [6.07, 6.45) is 4.60. The maximum atomic E-state index is 4.64. The van der Waals surface area contributed by atoms with Crippen molar-refractivity contribution in [3.63, 3.8) is 0 Å². The van der Waals surface area contributed by atoms with Gasteiger partial charge in [0.1, 0.15) is 5.69 Å². The minimum atomic E-state index is 0.729. The van der Waals surface area contributed by atoms with E-state index in [0.717, 1.165) is 35.0 Å². The van der Waals surface area contributed by atoms with Gasteiger partial charge in [-0.3, -0.25) is 4.99 Å². The number of rotatable bonds is 5. The molecule has 1 aromatic heterocycles. The van der Waals surface area contributed by atoms with Gasteiger partial charge in [-0.05, 0) is 31.6 Å². The Bertz CT molecular complexity index is 501. The molecule has 0 atom stereocenters. The summed E-state index contributed by atoms with van der Waals surface area (Å²) in [6.45, 7) is 7.80. The van der Waals surface area contributed by atoms with E-state index in [9.17, 15) is 0 Å². The third-order valence-electron chi connectivity index (χ3n) is 2.83. The van der Waals surface area contributed by atoms with Crippen molar-refractivity contribution in [3.05, 3.63) is 47.9 Å². The highest BCUT2D eigenvalue weighted by molar-refractivity contribution is 6.02. The van der Waals surface area contributed by atoms with Crippen LogP contribution in [0.4, 0.5) is 5.69 Å². The number of allylic oxidation sites excluding steroid dienone is 2. The largest absolute Gasteiger partial charge is 0.386 e. The lowest BCUT2D eigenvalue weighted by molar-refractivity contribution is 1.01. The number of pyridine rings is 1. The van der Waals surface area contributed by atoms with Gasteiger partial charge in [0.05, 0.1) is 5.69 Å². The average Bonchev–Trinajstić information content (AvgIpc) is 2.48. The summed E-state index contributed by atoms with van der Waals surface area (Å²) < 4.78 is 0. The number of aryl methyl sites for hydroxylation is 1. The molecule has 2 N–H and O–H groups in total. The summed E-state index contributed by atoms with van der Waals surface area (Å²) in [5.41, 5.74) is 3.72. The predicted octanol–water partition coefficient (Wildman–Crippen LogP) is 2.74. The van der Waals surface area contributed by atoms with E-state index >= 15 is 0 Å². The molecule has 0 fully saturated rings. The normalized spacial score (nSPS) is 12.2. The Morgan fingerprint density at radius 3 is 2.68 bits per heavy atom. The number of nitrogens with zero attached hydrogens (tertiary/aromatic N) is 2. The monoisotopic (exact) mass is 258 g/mol. The highest BCUT2D eigenvalue weighted by atomic mass is 15.0. The molecule has 0 unspecified atom stereocenters. The van der Waals surface area contributed by atoms with Gasteiger partial charge >= 0.3 is 0 Å². The fourth-order valence-electron chi connectivity index (χ4n) is 1.68. The SMILES string of the molecule is C=C/C(=C/C)N/C(=N\C)c1nc(CC)ccc1NC. The molecule has 0 amide bonds.